The Hall–Kier alpha value is -2.15. The molecular formula is C18H24N4O2S. The monoisotopic (exact) mass is 360 g/mol. The summed E-state index contributed by atoms with van der Waals surface area (Å²) in [6.45, 7) is 8.37. The van der Waals surface area contributed by atoms with Crippen molar-refractivity contribution in [3.05, 3.63) is 40.6 Å². The zero-order valence-electron chi connectivity index (χ0n) is 14.9. The zero-order chi connectivity index (χ0) is 18.0. The third-order valence-electron chi connectivity index (χ3n) is 4.60. The maximum absolute atomic E-state index is 12.9. The maximum atomic E-state index is 12.9. The van der Waals surface area contributed by atoms with Crippen LogP contribution in [-0.4, -0.2) is 57.3 Å². The Morgan fingerprint density at radius 2 is 1.80 bits per heavy atom. The summed E-state index contributed by atoms with van der Waals surface area (Å²) in [5, 5.41) is 1.91. The van der Waals surface area contributed by atoms with Gasteiger partial charge in [-0.15, -0.1) is 11.3 Å². The first-order chi connectivity index (χ1) is 12.0. The number of nitrogens with zero attached hydrogens (tertiary/aromatic N) is 4. The van der Waals surface area contributed by atoms with Crippen molar-refractivity contribution in [2.24, 2.45) is 0 Å². The average molecular weight is 360 g/mol. The maximum Gasteiger partial charge on any atom is 0.264 e. The number of aromatic nitrogens is 2. The second-order valence-corrected chi connectivity index (χ2v) is 7.57. The summed E-state index contributed by atoms with van der Waals surface area (Å²) in [5.74, 6) is 1.34. The molecule has 1 aliphatic heterocycles. The van der Waals surface area contributed by atoms with Crippen LogP contribution < -0.4 is 0 Å². The number of carbonyl (C=O) groups excluding carboxylic acids is 2. The molecular weight excluding hydrogens is 336 g/mol. The molecule has 2 aromatic heterocycles. The van der Waals surface area contributed by atoms with Gasteiger partial charge in [0.1, 0.15) is 11.9 Å². The van der Waals surface area contributed by atoms with E-state index in [1.54, 1.807) is 6.20 Å². The van der Waals surface area contributed by atoms with E-state index in [1.165, 1.54) is 11.3 Å². The molecule has 134 valence electrons. The van der Waals surface area contributed by atoms with Crippen LogP contribution in [0.15, 0.2) is 29.9 Å². The number of rotatable bonds is 4. The highest BCUT2D eigenvalue weighted by molar-refractivity contribution is 7.12. The van der Waals surface area contributed by atoms with E-state index in [9.17, 15) is 9.59 Å². The molecule has 1 aliphatic rings. The van der Waals surface area contributed by atoms with E-state index in [1.807, 2.05) is 45.0 Å². The summed E-state index contributed by atoms with van der Waals surface area (Å²) < 4.78 is 1.95. The molecule has 1 atom stereocenters. The van der Waals surface area contributed by atoms with E-state index in [-0.39, 0.29) is 23.8 Å². The predicted molar refractivity (Wildman–Crippen MR) is 97.8 cm³/mol. The normalized spacial score (nSPS) is 16.3. The average Bonchev–Trinajstić information content (AvgIpc) is 3.31. The van der Waals surface area contributed by atoms with Gasteiger partial charge in [0.15, 0.2) is 0 Å². The van der Waals surface area contributed by atoms with E-state index in [0.717, 1.165) is 10.7 Å². The number of hydrogen-bond acceptors (Lipinski definition) is 4. The van der Waals surface area contributed by atoms with Gasteiger partial charge >= 0.3 is 0 Å². The standard InChI is InChI=1S/C18H24N4O2S/c1-13(2)16-19-6-7-22(16)14(3)17(23)20-8-10-21(11-9-20)18(24)15-5-4-12-25-15/h4-7,12-14H,8-11H2,1-3H3/t14-/m0/s1. The van der Waals surface area contributed by atoms with Gasteiger partial charge in [-0.1, -0.05) is 19.9 Å². The summed E-state index contributed by atoms with van der Waals surface area (Å²) in [6.07, 6.45) is 3.62. The minimum atomic E-state index is -0.278. The summed E-state index contributed by atoms with van der Waals surface area (Å²) in [6, 6.07) is 3.45. The number of piperazine rings is 1. The number of hydrogen-bond donors (Lipinski definition) is 0. The van der Waals surface area contributed by atoms with Gasteiger partial charge in [-0.05, 0) is 18.4 Å². The molecule has 0 radical (unpaired) electrons. The predicted octanol–water partition coefficient (Wildman–Crippen LogP) is 2.61. The molecule has 0 spiro atoms. The molecule has 7 heteroatoms. The smallest absolute Gasteiger partial charge is 0.264 e. The zero-order valence-corrected chi connectivity index (χ0v) is 15.7. The fraction of sp³-hybridized carbons (Fsp3) is 0.500. The number of carbonyl (C=O) groups is 2. The second-order valence-electron chi connectivity index (χ2n) is 6.62. The summed E-state index contributed by atoms with van der Waals surface area (Å²) in [7, 11) is 0. The van der Waals surface area contributed by atoms with E-state index in [0.29, 0.717) is 26.2 Å². The van der Waals surface area contributed by atoms with Gasteiger partial charge in [-0.2, -0.15) is 0 Å². The molecule has 0 bridgehead atoms. The van der Waals surface area contributed by atoms with Crippen LogP contribution in [0, 0.1) is 0 Å². The van der Waals surface area contributed by atoms with Gasteiger partial charge in [0, 0.05) is 44.5 Å². The van der Waals surface area contributed by atoms with Crippen molar-refractivity contribution in [3.63, 3.8) is 0 Å². The Labute approximate surface area is 152 Å². The molecule has 1 saturated heterocycles. The van der Waals surface area contributed by atoms with Crippen LogP contribution in [0.5, 0.6) is 0 Å². The number of thiophene rings is 1. The van der Waals surface area contributed by atoms with Crippen molar-refractivity contribution in [1.82, 2.24) is 19.4 Å². The van der Waals surface area contributed by atoms with Gasteiger partial charge in [-0.3, -0.25) is 9.59 Å². The van der Waals surface area contributed by atoms with Crippen molar-refractivity contribution in [2.75, 3.05) is 26.2 Å². The summed E-state index contributed by atoms with van der Waals surface area (Å²) >= 11 is 1.46. The molecule has 2 amide bonds. The number of amides is 2. The lowest BCUT2D eigenvalue weighted by atomic mass is 10.1. The van der Waals surface area contributed by atoms with Crippen LogP contribution in [0.2, 0.25) is 0 Å². The SMILES string of the molecule is CC(C)c1nccn1[C@@H](C)C(=O)N1CCN(C(=O)c2cccs2)CC1. The fourth-order valence-corrected chi connectivity index (χ4v) is 3.86. The lowest BCUT2D eigenvalue weighted by molar-refractivity contribution is -0.135. The minimum Gasteiger partial charge on any atom is -0.337 e. The van der Waals surface area contributed by atoms with Crippen molar-refractivity contribution in [3.8, 4) is 0 Å². The topological polar surface area (TPSA) is 58.4 Å². The molecule has 0 saturated carbocycles. The van der Waals surface area contributed by atoms with Crippen molar-refractivity contribution >= 4 is 23.2 Å². The summed E-state index contributed by atoms with van der Waals surface area (Å²) in [4.78, 5) is 34.1. The van der Waals surface area contributed by atoms with E-state index < -0.39 is 0 Å². The lowest BCUT2D eigenvalue weighted by Crippen LogP contribution is -2.51. The Kier molecular flexibility index (Phi) is 5.22. The first-order valence-electron chi connectivity index (χ1n) is 8.63. The van der Waals surface area contributed by atoms with Gasteiger partial charge in [-0.25, -0.2) is 4.98 Å². The first kappa shape index (κ1) is 17.7. The van der Waals surface area contributed by atoms with Gasteiger partial charge < -0.3 is 14.4 Å². The van der Waals surface area contributed by atoms with Gasteiger partial charge in [0.25, 0.3) is 5.91 Å². The van der Waals surface area contributed by atoms with Crippen LogP contribution in [-0.2, 0) is 4.79 Å². The summed E-state index contributed by atoms with van der Waals surface area (Å²) in [5.41, 5.74) is 0. The Balaban J connectivity index is 1.61. The Bertz CT molecular complexity index is 730. The molecule has 3 heterocycles. The van der Waals surface area contributed by atoms with Crippen LogP contribution in [0.1, 0.15) is 48.2 Å². The molecule has 0 aliphatic carbocycles. The van der Waals surface area contributed by atoms with E-state index >= 15 is 0 Å². The Morgan fingerprint density at radius 1 is 1.12 bits per heavy atom. The highest BCUT2D eigenvalue weighted by atomic mass is 32.1. The fourth-order valence-electron chi connectivity index (χ4n) is 3.17. The minimum absolute atomic E-state index is 0.0619. The van der Waals surface area contributed by atoms with Gasteiger partial charge in [0.05, 0.1) is 4.88 Å². The van der Waals surface area contributed by atoms with E-state index in [2.05, 4.69) is 18.8 Å². The van der Waals surface area contributed by atoms with E-state index in [4.69, 9.17) is 0 Å². The third-order valence-corrected chi connectivity index (χ3v) is 5.46. The molecule has 6 nitrogen and oxygen atoms in total. The molecule has 2 aromatic rings. The molecule has 0 aromatic carbocycles. The molecule has 1 fully saturated rings. The molecule has 25 heavy (non-hydrogen) atoms. The largest absolute Gasteiger partial charge is 0.337 e. The molecule has 0 unspecified atom stereocenters. The third kappa shape index (κ3) is 3.61. The van der Waals surface area contributed by atoms with Crippen molar-refractivity contribution in [1.29, 1.82) is 0 Å². The van der Waals surface area contributed by atoms with Crippen molar-refractivity contribution < 1.29 is 9.59 Å². The Morgan fingerprint density at radius 3 is 2.40 bits per heavy atom. The first-order valence-corrected chi connectivity index (χ1v) is 9.51. The lowest BCUT2D eigenvalue weighted by Gasteiger charge is -2.36. The van der Waals surface area contributed by atoms with Gasteiger partial charge in [0.2, 0.25) is 5.91 Å². The van der Waals surface area contributed by atoms with Crippen LogP contribution in [0.4, 0.5) is 0 Å². The van der Waals surface area contributed by atoms with Crippen LogP contribution in [0.25, 0.3) is 0 Å². The van der Waals surface area contributed by atoms with Crippen LogP contribution in [0.3, 0.4) is 0 Å². The van der Waals surface area contributed by atoms with Crippen molar-refractivity contribution in [2.45, 2.75) is 32.7 Å². The molecule has 3 rings (SSSR count). The van der Waals surface area contributed by atoms with Crippen LogP contribution >= 0.6 is 11.3 Å². The quantitative estimate of drug-likeness (QED) is 0.842. The highest BCUT2D eigenvalue weighted by Crippen LogP contribution is 2.20. The highest BCUT2D eigenvalue weighted by Gasteiger charge is 2.29. The molecule has 0 N–H and O–H groups in total. The number of imidazole rings is 1. The second kappa shape index (κ2) is 7.39.